The van der Waals surface area contributed by atoms with Crippen molar-refractivity contribution < 1.29 is 17.9 Å². The quantitative estimate of drug-likeness (QED) is 0.599. The molecule has 19 heavy (non-hydrogen) atoms. The molecule has 6 heteroatoms. The Morgan fingerprint density at radius 2 is 1.89 bits per heavy atom. The minimum Gasteiger partial charge on any atom is -0.326 e. The maximum Gasteiger partial charge on any atom is 0.465 e. The Morgan fingerprint density at radius 3 is 2.47 bits per heavy atom. The summed E-state index contributed by atoms with van der Waals surface area (Å²) >= 11 is 0. The van der Waals surface area contributed by atoms with Gasteiger partial charge in [-0.2, -0.15) is 13.2 Å². The van der Waals surface area contributed by atoms with E-state index in [4.69, 9.17) is 4.74 Å². The number of halogens is 3. The van der Waals surface area contributed by atoms with Crippen molar-refractivity contribution in [1.82, 2.24) is 0 Å². The lowest BCUT2D eigenvalue weighted by Gasteiger charge is -2.14. The van der Waals surface area contributed by atoms with Gasteiger partial charge in [0.05, 0.1) is 6.61 Å². The molecule has 0 fully saturated rings. The summed E-state index contributed by atoms with van der Waals surface area (Å²) in [4.78, 5) is 0. The van der Waals surface area contributed by atoms with E-state index in [2.05, 4.69) is 28.5 Å². The third kappa shape index (κ3) is 3.89. The molecule has 0 atom stereocenters. The lowest BCUT2D eigenvalue weighted by molar-refractivity contribution is -0.243. The van der Waals surface area contributed by atoms with Crippen LogP contribution in [-0.4, -0.2) is 18.6 Å². The second-order valence-corrected chi connectivity index (χ2v) is 4.78. The van der Waals surface area contributed by atoms with Crippen LogP contribution in [0.3, 0.4) is 0 Å². The number of ether oxygens (including phenoxy) is 1. The zero-order valence-corrected chi connectivity index (χ0v) is 10.6. The van der Waals surface area contributed by atoms with E-state index in [-0.39, 0.29) is 6.61 Å². The average molecular weight is 274 g/mol. The first-order valence-corrected chi connectivity index (χ1v) is 6.53. The summed E-state index contributed by atoms with van der Waals surface area (Å²) in [5.41, 5.74) is 1.43. The molecule has 0 bridgehead atoms. The molecule has 0 amide bonds. The highest BCUT2D eigenvalue weighted by Crippen LogP contribution is 2.45. The van der Waals surface area contributed by atoms with Crippen molar-refractivity contribution in [2.24, 2.45) is 10.2 Å². The van der Waals surface area contributed by atoms with Gasteiger partial charge >= 0.3 is 12.0 Å². The molecule has 0 aromatic rings. The van der Waals surface area contributed by atoms with E-state index in [1.165, 1.54) is 5.57 Å². The summed E-state index contributed by atoms with van der Waals surface area (Å²) in [5.74, 6) is -2.53. The topological polar surface area (TPSA) is 34.0 Å². The van der Waals surface area contributed by atoms with Crippen molar-refractivity contribution in [3.63, 3.8) is 0 Å². The number of hydrogen-bond acceptors (Lipinski definition) is 3. The fraction of sp³-hybridized carbons (Fsp3) is 0.692. The number of nitrogens with zero attached hydrogens (tertiary/aromatic N) is 2. The van der Waals surface area contributed by atoms with Gasteiger partial charge in [0.25, 0.3) is 0 Å². The van der Waals surface area contributed by atoms with Crippen LogP contribution in [0.1, 0.15) is 38.5 Å². The van der Waals surface area contributed by atoms with Crippen LogP contribution >= 0.6 is 0 Å². The lowest BCUT2D eigenvalue weighted by Crippen LogP contribution is -2.35. The fourth-order valence-corrected chi connectivity index (χ4v) is 2.00. The second kappa shape index (κ2) is 5.86. The summed E-state index contributed by atoms with van der Waals surface area (Å²) in [5, 5.41) is 5.91. The number of hydrogen-bond donors (Lipinski definition) is 0. The van der Waals surface area contributed by atoms with Crippen LogP contribution in [0, 0.1) is 0 Å². The number of alkyl halides is 3. The molecular formula is C13H17F3N2O. The SMILES string of the molecule is FC(F)(F)C1(OCCCCCCC2=CC=CC2)N=N1. The van der Waals surface area contributed by atoms with E-state index in [1.807, 2.05) is 0 Å². The summed E-state index contributed by atoms with van der Waals surface area (Å²) in [6.07, 6.45) is 7.48. The molecule has 0 saturated heterocycles. The molecule has 0 saturated carbocycles. The van der Waals surface area contributed by atoms with Crippen molar-refractivity contribution in [3.05, 3.63) is 23.8 Å². The Kier molecular flexibility index (Phi) is 4.39. The van der Waals surface area contributed by atoms with Gasteiger partial charge in [0.2, 0.25) is 0 Å². The molecule has 0 unspecified atom stereocenters. The fourth-order valence-electron chi connectivity index (χ4n) is 2.00. The standard InChI is InChI=1S/C13H17F3N2O/c14-12(15,16)13(17-18-13)19-10-6-2-1-3-7-11-8-4-5-9-11/h4-5,8H,1-3,6-7,9-10H2. The van der Waals surface area contributed by atoms with Gasteiger partial charge in [-0.25, -0.2) is 0 Å². The van der Waals surface area contributed by atoms with Gasteiger partial charge < -0.3 is 4.74 Å². The van der Waals surface area contributed by atoms with Gasteiger partial charge in [0.1, 0.15) is 0 Å². The van der Waals surface area contributed by atoms with Crippen LogP contribution < -0.4 is 0 Å². The van der Waals surface area contributed by atoms with Gasteiger partial charge in [-0.3, -0.25) is 0 Å². The smallest absolute Gasteiger partial charge is 0.326 e. The summed E-state index contributed by atoms with van der Waals surface area (Å²) in [7, 11) is 0. The molecule has 2 aliphatic rings. The largest absolute Gasteiger partial charge is 0.465 e. The minimum absolute atomic E-state index is 0.0523. The van der Waals surface area contributed by atoms with Gasteiger partial charge in [-0.1, -0.05) is 36.6 Å². The Hall–Kier alpha value is -1.17. The molecule has 1 aliphatic heterocycles. The van der Waals surface area contributed by atoms with E-state index >= 15 is 0 Å². The van der Waals surface area contributed by atoms with Gasteiger partial charge in [-0.15, -0.1) is 10.2 Å². The number of allylic oxidation sites excluding steroid dienone is 4. The van der Waals surface area contributed by atoms with Crippen molar-refractivity contribution in [2.75, 3.05) is 6.61 Å². The summed E-state index contributed by atoms with van der Waals surface area (Å²) in [6, 6.07) is 0. The molecule has 3 nitrogen and oxygen atoms in total. The Labute approximate surface area is 110 Å². The highest BCUT2D eigenvalue weighted by molar-refractivity contribution is 5.22. The number of unbranched alkanes of at least 4 members (excludes halogenated alkanes) is 3. The Morgan fingerprint density at radius 1 is 1.16 bits per heavy atom. The molecule has 0 N–H and O–H groups in total. The minimum atomic E-state index is -4.52. The molecule has 0 aromatic carbocycles. The van der Waals surface area contributed by atoms with Crippen LogP contribution in [0.4, 0.5) is 13.2 Å². The molecular weight excluding hydrogens is 257 g/mol. The third-order valence-electron chi connectivity index (χ3n) is 3.19. The van der Waals surface area contributed by atoms with E-state index in [0.717, 1.165) is 32.1 Å². The first-order chi connectivity index (χ1) is 9.04. The highest BCUT2D eigenvalue weighted by atomic mass is 19.4. The van der Waals surface area contributed by atoms with Crippen molar-refractivity contribution >= 4 is 0 Å². The van der Waals surface area contributed by atoms with Crippen LogP contribution in [0.5, 0.6) is 0 Å². The van der Waals surface area contributed by atoms with E-state index in [1.54, 1.807) is 0 Å². The number of rotatable bonds is 8. The molecule has 106 valence electrons. The monoisotopic (exact) mass is 274 g/mol. The highest BCUT2D eigenvalue weighted by Gasteiger charge is 2.66. The Balaban J connectivity index is 1.47. The van der Waals surface area contributed by atoms with Gasteiger partial charge in [0, 0.05) is 0 Å². The van der Waals surface area contributed by atoms with Crippen LogP contribution in [0.2, 0.25) is 0 Å². The van der Waals surface area contributed by atoms with Crippen LogP contribution in [-0.2, 0) is 4.74 Å². The zero-order chi connectivity index (χ0) is 13.8. The first-order valence-electron chi connectivity index (χ1n) is 6.53. The van der Waals surface area contributed by atoms with E-state index in [9.17, 15) is 13.2 Å². The van der Waals surface area contributed by atoms with Crippen molar-refractivity contribution in [1.29, 1.82) is 0 Å². The van der Waals surface area contributed by atoms with Gasteiger partial charge in [-0.05, 0) is 25.7 Å². The molecule has 1 aliphatic carbocycles. The van der Waals surface area contributed by atoms with E-state index < -0.39 is 12.0 Å². The predicted molar refractivity (Wildman–Crippen MR) is 64.5 cm³/mol. The summed E-state index contributed by atoms with van der Waals surface area (Å²) < 4.78 is 41.8. The van der Waals surface area contributed by atoms with Crippen molar-refractivity contribution in [2.45, 2.75) is 50.6 Å². The van der Waals surface area contributed by atoms with Gasteiger partial charge in [0.15, 0.2) is 0 Å². The average Bonchev–Trinajstić information content (AvgIpc) is 2.97. The lowest BCUT2D eigenvalue weighted by atomic mass is 10.1. The molecule has 0 spiro atoms. The zero-order valence-electron chi connectivity index (χ0n) is 10.6. The molecule has 0 aromatic heterocycles. The molecule has 2 rings (SSSR count). The van der Waals surface area contributed by atoms with Crippen LogP contribution in [0.15, 0.2) is 34.0 Å². The van der Waals surface area contributed by atoms with Crippen molar-refractivity contribution in [3.8, 4) is 0 Å². The normalized spacial score (nSPS) is 19.8. The van der Waals surface area contributed by atoms with Crippen LogP contribution in [0.25, 0.3) is 0 Å². The molecule has 0 radical (unpaired) electrons. The summed E-state index contributed by atoms with van der Waals surface area (Å²) in [6.45, 7) is 0.0523. The Bertz CT molecular complexity index is 393. The first kappa shape index (κ1) is 14.2. The molecule has 1 heterocycles. The maximum atomic E-state index is 12.4. The predicted octanol–water partition coefficient (Wildman–Crippen LogP) is 4.52. The third-order valence-corrected chi connectivity index (χ3v) is 3.19. The second-order valence-electron chi connectivity index (χ2n) is 4.78. The maximum absolute atomic E-state index is 12.4. The van der Waals surface area contributed by atoms with E-state index in [0.29, 0.717) is 6.42 Å².